The van der Waals surface area contributed by atoms with Crippen LogP contribution in [0.25, 0.3) is 0 Å². The topological polar surface area (TPSA) is 58.2 Å². The van der Waals surface area contributed by atoms with Crippen molar-refractivity contribution in [3.8, 4) is 0 Å². The molecule has 4 nitrogen and oxygen atoms in total. The number of benzene rings is 1. The normalized spacial score (nSPS) is 23.1. The SMILES string of the molecule is CC(C)C[C@@H]1NC(=O)[C@H](Cc2ccccc2)NC1=O. The lowest BCUT2D eigenvalue weighted by Crippen LogP contribution is -2.62. The molecule has 2 atom stereocenters. The van der Waals surface area contributed by atoms with Gasteiger partial charge in [0.1, 0.15) is 12.1 Å². The van der Waals surface area contributed by atoms with E-state index in [9.17, 15) is 9.59 Å². The van der Waals surface area contributed by atoms with Crippen LogP contribution in [0.15, 0.2) is 30.3 Å². The Kier molecular flexibility index (Phi) is 4.20. The predicted molar refractivity (Wildman–Crippen MR) is 73.5 cm³/mol. The lowest BCUT2D eigenvalue weighted by molar-refractivity contribution is -0.137. The summed E-state index contributed by atoms with van der Waals surface area (Å²) in [7, 11) is 0. The summed E-state index contributed by atoms with van der Waals surface area (Å²) in [5, 5.41) is 5.64. The van der Waals surface area contributed by atoms with Gasteiger partial charge in [-0.15, -0.1) is 0 Å². The molecule has 0 saturated carbocycles. The highest BCUT2D eigenvalue weighted by Crippen LogP contribution is 2.11. The molecular formula is C15H20N2O2. The first kappa shape index (κ1) is 13.6. The summed E-state index contributed by atoms with van der Waals surface area (Å²) in [6.45, 7) is 4.07. The van der Waals surface area contributed by atoms with E-state index >= 15 is 0 Å². The molecule has 0 bridgehead atoms. The molecule has 0 unspecified atom stereocenters. The summed E-state index contributed by atoms with van der Waals surface area (Å²) in [5.41, 5.74) is 1.05. The molecule has 102 valence electrons. The lowest BCUT2D eigenvalue weighted by atomic mass is 9.97. The minimum atomic E-state index is -0.460. The average molecular weight is 260 g/mol. The van der Waals surface area contributed by atoms with Gasteiger partial charge < -0.3 is 10.6 Å². The van der Waals surface area contributed by atoms with E-state index in [1.807, 2.05) is 44.2 Å². The van der Waals surface area contributed by atoms with E-state index in [0.29, 0.717) is 18.8 Å². The molecule has 1 heterocycles. The number of rotatable bonds is 4. The quantitative estimate of drug-likeness (QED) is 0.856. The Balaban J connectivity index is 1.99. The summed E-state index contributed by atoms with van der Waals surface area (Å²) in [4.78, 5) is 24.0. The first-order chi connectivity index (χ1) is 9.06. The van der Waals surface area contributed by atoms with Crippen molar-refractivity contribution in [1.82, 2.24) is 10.6 Å². The molecule has 0 aromatic heterocycles. The maximum atomic E-state index is 12.0. The van der Waals surface area contributed by atoms with Crippen molar-refractivity contribution in [1.29, 1.82) is 0 Å². The molecule has 1 aliphatic rings. The van der Waals surface area contributed by atoms with Crippen molar-refractivity contribution >= 4 is 11.8 Å². The minimum absolute atomic E-state index is 0.0748. The van der Waals surface area contributed by atoms with Gasteiger partial charge in [-0.25, -0.2) is 0 Å². The number of nitrogens with one attached hydrogen (secondary N) is 2. The lowest BCUT2D eigenvalue weighted by Gasteiger charge is -2.30. The van der Waals surface area contributed by atoms with E-state index in [1.54, 1.807) is 0 Å². The zero-order valence-corrected chi connectivity index (χ0v) is 11.3. The second-order valence-electron chi connectivity index (χ2n) is 5.44. The third-order valence-electron chi connectivity index (χ3n) is 3.26. The largest absolute Gasteiger partial charge is 0.343 e. The van der Waals surface area contributed by atoms with Crippen LogP contribution in [0.1, 0.15) is 25.8 Å². The van der Waals surface area contributed by atoms with Gasteiger partial charge in [0.15, 0.2) is 0 Å². The van der Waals surface area contributed by atoms with E-state index in [-0.39, 0.29) is 17.9 Å². The van der Waals surface area contributed by atoms with Crippen LogP contribution >= 0.6 is 0 Å². The van der Waals surface area contributed by atoms with Crippen LogP contribution in [0.5, 0.6) is 0 Å². The van der Waals surface area contributed by atoms with Crippen molar-refractivity contribution in [3.05, 3.63) is 35.9 Å². The summed E-state index contributed by atoms with van der Waals surface area (Å²) in [6, 6.07) is 8.86. The molecule has 1 aliphatic heterocycles. The maximum absolute atomic E-state index is 12.0. The molecule has 19 heavy (non-hydrogen) atoms. The molecule has 0 spiro atoms. The standard InChI is InChI=1S/C15H20N2O2/c1-10(2)8-12-14(18)17-13(15(19)16-12)9-11-6-4-3-5-7-11/h3-7,10,12-13H,8-9H2,1-2H3,(H,16,19)(H,17,18)/t12-,13-/m0/s1. The van der Waals surface area contributed by atoms with Crippen LogP contribution in [0, 0.1) is 5.92 Å². The zero-order valence-electron chi connectivity index (χ0n) is 11.3. The maximum Gasteiger partial charge on any atom is 0.243 e. The second kappa shape index (κ2) is 5.87. The van der Waals surface area contributed by atoms with Crippen molar-refractivity contribution < 1.29 is 9.59 Å². The fourth-order valence-corrected chi connectivity index (χ4v) is 2.31. The van der Waals surface area contributed by atoms with Gasteiger partial charge in [-0.1, -0.05) is 44.2 Å². The molecule has 1 aromatic carbocycles. The fourth-order valence-electron chi connectivity index (χ4n) is 2.31. The smallest absolute Gasteiger partial charge is 0.243 e. The highest BCUT2D eigenvalue weighted by Gasteiger charge is 2.33. The van der Waals surface area contributed by atoms with E-state index in [2.05, 4.69) is 10.6 Å². The third kappa shape index (κ3) is 3.56. The minimum Gasteiger partial charge on any atom is -0.343 e. The molecule has 2 amide bonds. The van der Waals surface area contributed by atoms with Crippen LogP contribution in [0.3, 0.4) is 0 Å². The average Bonchev–Trinajstić information content (AvgIpc) is 2.36. The van der Waals surface area contributed by atoms with E-state index in [4.69, 9.17) is 0 Å². The van der Waals surface area contributed by atoms with Crippen LogP contribution in [-0.4, -0.2) is 23.9 Å². The van der Waals surface area contributed by atoms with E-state index < -0.39 is 6.04 Å². The summed E-state index contributed by atoms with van der Waals surface area (Å²) < 4.78 is 0. The van der Waals surface area contributed by atoms with Gasteiger partial charge >= 0.3 is 0 Å². The van der Waals surface area contributed by atoms with Gasteiger partial charge in [0.2, 0.25) is 11.8 Å². The Morgan fingerprint density at radius 3 is 2.21 bits per heavy atom. The third-order valence-corrected chi connectivity index (χ3v) is 3.26. The van der Waals surface area contributed by atoms with Gasteiger partial charge in [-0.05, 0) is 17.9 Å². The monoisotopic (exact) mass is 260 g/mol. The van der Waals surface area contributed by atoms with Crippen LogP contribution < -0.4 is 10.6 Å². The molecular weight excluding hydrogens is 240 g/mol. The molecule has 0 radical (unpaired) electrons. The van der Waals surface area contributed by atoms with Gasteiger partial charge in [0.05, 0.1) is 0 Å². The van der Waals surface area contributed by atoms with E-state index in [0.717, 1.165) is 5.56 Å². The van der Waals surface area contributed by atoms with Gasteiger partial charge in [0, 0.05) is 6.42 Å². The summed E-state index contributed by atoms with van der Waals surface area (Å²) in [6.07, 6.45) is 1.21. The Morgan fingerprint density at radius 2 is 1.58 bits per heavy atom. The number of carbonyl (C=O) groups is 2. The van der Waals surface area contributed by atoms with Gasteiger partial charge in [-0.3, -0.25) is 9.59 Å². The van der Waals surface area contributed by atoms with Crippen LogP contribution in [0.4, 0.5) is 0 Å². The van der Waals surface area contributed by atoms with E-state index in [1.165, 1.54) is 0 Å². The second-order valence-corrected chi connectivity index (χ2v) is 5.44. The van der Waals surface area contributed by atoms with Crippen molar-refractivity contribution in [2.24, 2.45) is 5.92 Å². The van der Waals surface area contributed by atoms with Crippen molar-refractivity contribution in [3.63, 3.8) is 0 Å². The Hall–Kier alpha value is -1.84. The van der Waals surface area contributed by atoms with Gasteiger partial charge in [0.25, 0.3) is 0 Å². The van der Waals surface area contributed by atoms with Gasteiger partial charge in [-0.2, -0.15) is 0 Å². The fraction of sp³-hybridized carbons (Fsp3) is 0.467. The Morgan fingerprint density at radius 1 is 1.00 bits per heavy atom. The molecule has 2 N–H and O–H groups in total. The van der Waals surface area contributed by atoms with Crippen molar-refractivity contribution in [2.75, 3.05) is 0 Å². The molecule has 4 heteroatoms. The molecule has 1 fully saturated rings. The number of hydrogen-bond donors (Lipinski definition) is 2. The predicted octanol–water partition coefficient (Wildman–Crippen LogP) is 1.26. The molecule has 0 aliphatic carbocycles. The molecule has 1 saturated heterocycles. The molecule has 2 rings (SSSR count). The Labute approximate surface area is 113 Å². The van der Waals surface area contributed by atoms with Crippen LogP contribution in [0.2, 0.25) is 0 Å². The number of hydrogen-bond acceptors (Lipinski definition) is 2. The first-order valence-electron chi connectivity index (χ1n) is 6.71. The van der Waals surface area contributed by atoms with Crippen LogP contribution in [-0.2, 0) is 16.0 Å². The number of piperazine rings is 1. The summed E-state index contributed by atoms with van der Waals surface area (Å²) >= 11 is 0. The molecule has 1 aromatic rings. The van der Waals surface area contributed by atoms with Crippen molar-refractivity contribution in [2.45, 2.75) is 38.8 Å². The first-order valence-corrected chi connectivity index (χ1v) is 6.71. The highest BCUT2D eigenvalue weighted by molar-refractivity contribution is 5.97. The summed E-state index contributed by atoms with van der Waals surface area (Å²) in [5.74, 6) is 0.213. The Bertz CT molecular complexity index is 456. The highest BCUT2D eigenvalue weighted by atomic mass is 16.2. The number of amides is 2. The number of carbonyl (C=O) groups excluding carboxylic acids is 2. The zero-order chi connectivity index (χ0) is 13.8.